The molecule has 3 aromatic carbocycles. The molecule has 0 bridgehead atoms. The van der Waals surface area contributed by atoms with Gasteiger partial charge in [-0.3, -0.25) is 5.41 Å². The molecule has 2 heterocycles. The normalized spacial score (nSPS) is 11.4. The number of imidazole rings is 2. The van der Waals surface area contributed by atoms with E-state index in [0.29, 0.717) is 0 Å². The minimum Gasteiger partial charge on any atom is -0.384 e. The highest BCUT2D eigenvalue weighted by molar-refractivity contribution is 5.98. The minimum absolute atomic E-state index is 0.0766. The van der Waals surface area contributed by atoms with E-state index in [1.54, 1.807) is 0 Å². The van der Waals surface area contributed by atoms with E-state index in [4.69, 9.17) is 21.1 Å². The van der Waals surface area contributed by atoms with Gasteiger partial charge in [0.2, 0.25) is 0 Å². The van der Waals surface area contributed by atoms with Crippen molar-refractivity contribution in [3.05, 3.63) is 95.6 Å². The molecule has 0 amide bonds. The maximum atomic E-state index is 7.82. The summed E-state index contributed by atoms with van der Waals surface area (Å²) in [5.74, 6) is 2.08. The number of amidine groups is 1. The Kier molecular flexibility index (Phi) is 5.42. The number of aryl methyl sites for hydroxylation is 4. The van der Waals surface area contributed by atoms with E-state index in [-0.39, 0.29) is 5.84 Å². The fourth-order valence-corrected chi connectivity index (χ4v) is 4.22. The van der Waals surface area contributed by atoms with Gasteiger partial charge in [0.1, 0.15) is 17.5 Å². The molecule has 0 unspecified atom stereocenters. The molecule has 6 nitrogen and oxygen atoms in total. The topological polar surface area (TPSA) is 96.4 Å². The summed E-state index contributed by atoms with van der Waals surface area (Å²) in [6, 6.07) is 24.5. The summed E-state index contributed by atoms with van der Waals surface area (Å²) in [5, 5.41) is 7.82. The number of nitrogen functional groups attached to an aromatic ring is 1. The van der Waals surface area contributed by atoms with Crippen LogP contribution in [0.3, 0.4) is 0 Å². The van der Waals surface area contributed by atoms with Crippen LogP contribution < -0.4 is 5.73 Å². The molecule has 5 rings (SSSR count). The van der Waals surface area contributed by atoms with Gasteiger partial charge in [0, 0.05) is 24.9 Å². The number of para-hydroxylation sites is 2. The highest BCUT2D eigenvalue weighted by Crippen LogP contribution is 2.21. The standard InChI is InChI=1S/C26H26N6/c27-26(28)19-12-13-22-23(17-19)32(16-6-9-18-7-2-1-3-8-18)25(31-22)15-14-24-29-20-10-4-5-11-21(20)30-24/h1-5,7-8,10-13,17H,6,9,14-16H2,(H3,27,28)(H,29,30). The van der Waals surface area contributed by atoms with Gasteiger partial charge in [-0.05, 0) is 48.7 Å². The quantitative estimate of drug-likeness (QED) is 0.252. The van der Waals surface area contributed by atoms with Gasteiger partial charge in [0.25, 0.3) is 0 Å². The first-order valence-corrected chi connectivity index (χ1v) is 11.0. The molecule has 2 aromatic heterocycles. The van der Waals surface area contributed by atoms with E-state index in [1.807, 2.05) is 48.5 Å². The van der Waals surface area contributed by atoms with E-state index in [9.17, 15) is 0 Å². The van der Waals surface area contributed by atoms with Crippen LogP contribution in [0.2, 0.25) is 0 Å². The first-order valence-electron chi connectivity index (χ1n) is 11.0. The van der Waals surface area contributed by atoms with Crippen molar-refractivity contribution in [1.82, 2.24) is 19.5 Å². The van der Waals surface area contributed by atoms with Crippen LogP contribution in [0.15, 0.2) is 72.8 Å². The molecule has 6 heteroatoms. The first kappa shape index (κ1) is 20.0. The first-order chi connectivity index (χ1) is 15.7. The predicted octanol–water partition coefficient (Wildman–Crippen LogP) is 4.61. The van der Waals surface area contributed by atoms with E-state index >= 15 is 0 Å². The van der Waals surface area contributed by atoms with Gasteiger partial charge < -0.3 is 15.3 Å². The lowest BCUT2D eigenvalue weighted by Gasteiger charge is -2.10. The van der Waals surface area contributed by atoms with Crippen LogP contribution in [-0.2, 0) is 25.8 Å². The number of H-pyrrole nitrogens is 1. The Morgan fingerprint density at radius 1 is 0.875 bits per heavy atom. The number of aromatic amines is 1. The molecule has 0 atom stereocenters. The molecule has 0 saturated carbocycles. The number of nitrogens with two attached hydrogens (primary N) is 1. The third-order valence-electron chi connectivity index (χ3n) is 5.85. The zero-order valence-corrected chi connectivity index (χ0v) is 17.9. The van der Waals surface area contributed by atoms with Crippen LogP contribution in [0, 0.1) is 5.41 Å². The number of hydrogen-bond donors (Lipinski definition) is 3. The number of aromatic nitrogens is 4. The van der Waals surface area contributed by atoms with Crippen molar-refractivity contribution in [2.45, 2.75) is 32.2 Å². The van der Waals surface area contributed by atoms with Gasteiger partial charge in [-0.1, -0.05) is 42.5 Å². The van der Waals surface area contributed by atoms with Gasteiger partial charge in [0.15, 0.2) is 0 Å². The van der Waals surface area contributed by atoms with Crippen molar-refractivity contribution < 1.29 is 0 Å². The number of benzene rings is 3. The van der Waals surface area contributed by atoms with Gasteiger partial charge in [-0.15, -0.1) is 0 Å². The Hall–Kier alpha value is -3.93. The highest BCUT2D eigenvalue weighted by Gasteiger charge is 2.13. The molecule has 32 heavy (non-hydrogen) atoms. The van der Waals surface area contributed by atoms with Crippen LogP contribution in [-0.4, -0.2) is 25.4 Å². The monoisotopic (exact) mass is 422 g/mol. The predicted molar refractivity (Wildman–Crippen MR) is 129 cm³/mol. The van der Waals surface area contributed by atoms with Crippen LogP contribution in [0.5, 0.6) is 0 Å². The zero-order valence-electron chi connectivity index (χ0n) is 17.9. The molecule has 0 spiro atoms. The summed E-state index contributed by atoms with van der Waals surface area (Å²) >= 11 is 0. The number of nitrogens with zero attached hydrogens (tertiary/aromatic N) is 3. The molecule has 5 aromatic rings. The summed E-state index contributed by atoms with van der Waals surface area (Å²) < 4.78 is 2.29. The third-order valence-corrected chi connectivity index (χ3v) is 5.85. The van der Waals surface area contributed by atoms with Crippen molar-refractivity contribution in [3.8, 4) is 0 Å². The van der Waals surface area contributed by atoms with Crippen molar-refractivity contribution in [2.24, 2.45) is 5.73 Å². The second-order valence-electron chi connectivity index (χ2n) is 8.09. The Bertz CT molecular complexity index is 1350. The van der Waals surface area contributed by atoms with Gasteiger partial charge in [0.05, 0.1) is 22.1 Å². The van der Waals surface area contributed by atoms with E-state index in [0.717, 1.165) is 71.5 Å². The summed E-state index contributed by atoms with van der Waals surface area (Å²) in [4.78, 5) is 13.0. The molecular weight excluding hydrogens is 396 g/mol. The number of nitrogens with one attached hydrogen (secondary N) is 2. The van der Waals surface area contributed by atoms with Gasteiger partial charge in [-0.25, -0.2) is 9.97 Å². The molecule has 0 radical (unpaired) electrons. The van der Waals surface area contributed by atoms with Crippen LogP contribution in [0.1, 0.15) is 29.2 Å². The summed E-state index contributed by atoms with van der Waals surface area (Å²) in [6.45, 7) is 0.863. The Morgan fingerprint density at radius 2 is 1.69 bits per heavy atom. The van der Waals surface area contributed by atoms with Crippen LogP contribution in [0.25, 0.3) is 22.1 Å². The molecule has 0 aliphatic rings. The average molecular weight is 423 g/mol. The Morgan fingerprint density at radius 3 is 2.50 bits per heavy atom. The van der Waals surface area contributed by atoms with Gasteiger partial charge in [-0.2, -0.15) is 0 Å². The highest BCUT2D eigenvalue weighted by atomic mass is 15.1. The Balaban J connectivity index is 1.41. The van der Waals surface area contributed by atoms with E-state index in [2.05, 4.69) is 33.8 Å². The zero-order chi connectivity index (χ0) is 21.9. The largest absolute Gasteiger partial charge is 0.384 e. The fourth-order valence-electron chi connectivity index (χ4n) is 4.22. The minimum atomic E-state index is 0.0766. The lowest BCUT2D eigenvalue weighted by Crippen LogP contribution is -2.11. The van der Waals surface area contributed by atoms with Crippen molar-refractivity contribution in [2.75, 3.05) is 0 Å². The van der Waals surface area contributed by atoms with Crippen molar-refractivity contribution >= 4 is 27.9 Å². The smallest absolute Gasteiger partial charge is 0.122 e. The number of fused-ring (bicyclic) bond motifs is 2. The molecule has 160 valence electrons. The summed E-state index contributed by atoms with van der Waals surface area (Å²) in [6.07, 6.45) is 3.60. The van der Waals surface area contributed by atoms with Crippen molar-refractivity contribution in [1.29, 1.82) is 5.41 Å². The number of rotatable bonds is 8. The Labute approximate surface area is 186 Å². The molecule has 0 aliphatic carbocycles. The van der Waals surface area contributed by atoms with Crippen LogP contribution in [0.4, 0.5) is 0 Å². The lowest BCUT2D eigenvalue weighted by atomic mass is 10.1. The van der Waals surface area contributed by atoms with Gasteiger partial charge >= 0.3 is 0 Å². The average Bonchev–Trinajstić information content (AvgIpc) is 3.38. The number of hydrogen-bond acceptors (Lipinski definition) is 3. The maximum Gasteiger partial charge on any atom is 0.122 e. The second-order valence-corrected chi connectivity index (χ2v) is 8.09. The van der Waals surface area contributed by atoms with Crippen LogP contribution >= 0.6 is 0 Å². The van der Waals surface area contributed by atoms with Crippen molar-refractivity contribution in [3.63, 3.8) is 0 Å². The summed E-state index contributed by atoms with van der Waals surface area (Å²) in [5.41, 5.74) is 11.8. The van der Waals surface area contributed by atoms with E-state index in [1.165, 1.54) is 5.56 Å². The molecular formula is C26H26N6. The fraction of sp³-hybridized carbons (Fsp3) is 0.192. The maximum absolute atomic E-state index is 7.82. The second kappa shape index (κ2) is 8.67. The molecule has 4 N–H and O–H groups in total. The SMILES string of the molecule is N=C(N)c1ccc2nc(CCc3nc4ccccc4[nH]3)n(CCCc3ccccc3)c2c1. The molecule has 0 fully saturated rings. The molecule has 0 aliphatic heterocycles. The third kappa shape index (κ3) is 4.12. The van der Waals surface area contributed by atoms with E-state index < -0.39 is 0 Å². The molecule has 0 saturated heterocycles. The lowest BCUT2D eigenvalue weighted by molar-refractivity contribution is 0.619. The summed E-state index contributed by atoms with van der Waals surface area (Å²) in [7, 11) is 0.